The standard InChI is InChI=1S/C12H12O5/c13-10(12(16)17)9(11(14)15)7-6-8-4-2-1-3-5-8/h1-7,9-10,13H,(H,14,15)(H,16,17). The van der Waals surface area contributed by atoms with Gasteiger partial charge >= 0.3 is 11.9 Å². The van der Waals surface area contributed by atoms with Gasteiger partial charge in [0.15, 0.2) is 6.10 Å². The molecule has 17 heavy (non-hydrogen) atoms. The summed E-state index contributed by atoms with van der Waals surface area (Å²) in [6.07, 6.45) is 0.675. The number of aliphatic hydroxyl groups is 1. The summed E-state index contributed by atoms with van der Waals surface area (Å²) in [4.78, 5) is 21.3. The molecule has 0 spiro atoms. The minimum atomic E-state index is -1.95. The highest BCUT2D eigenvalue weighted by atomic mass is 16.4. The van der Waals surface area contributed by atoms with E-state index in [0.717, 1.165) is 11.6 Å². The molecule has 1 aromatic carbocycles. The van der Waals surface area contributed by atoms with Crippen LogP contribution in [0.1, 0.15) is 5.56 Å². The van der Waals surface area contributed by atoms with Gasteiger partial charge in [-0.3, -0.25) is 4.79 Å². The van der Waals surface area contributed by atoms with Gasteiger partial charge < -0.3 is 15.3 Å². The number of aliphatic hydroxyl groups excluding tert-OH is 1. The Hall–Kier alpha value is -2.14. The summed E-state index contributed by atoms with van der Waals surface area (Å²) in [6, 6.07) is 8.81. The molecule has 1 aromatic rings. The third kappa shape index (κ3) is 3.73. The number of benzene rings is 1. The first kappa shape index (κ1) is 12.9. The Morgan fingerprint density at radius 1 is 1.06 bits per heavy atom. The zero-order valence-electron chi connectivity index (χ0n) is 8.85. The number of aliphatic carboxylic acids is 2. The highest BCUT2D eigenvalue weighted by Gasteiger charge is 2.29. The molecule has 0 amide bonds. The predicted octanol–water partition coefficient (Wildman–Crippen LogP) is 0.846. The Bertz CT molecular complexity index is 424. The number of carboxylic acid groups (broad SMARTS) is 2. The Morgan fingerprint density at radius 2 is 1.65 bits per heavy atom. The molecule has 0 aliphatic carbocycles. The SMILES string of the molecule is O=C(O)C(O)C(C=Cc1ccccc1)C(=O)O. The molecular formula is C12H12O5. The first-order valence-corrected chi connectivity index (χ1v) is 4.89. The summed E-state index contributed by atoms with van der Waals surface area (Å²) < 4.78 is 0. The monoisotopic (exact) mass is 236 g/mol. The lowest BCUT2D eigenvalue weighted by atomic mass is 10.0. The van der Waals surface area contributed by atoms with Gasteiger partial charge in [0.1, 0.15) is 5.92 Å². The first-order chi connectivity index (χ1) is 8.02. The van der Waals surface area contributed by atoms with Gasteiger partial charge in [-0.2, -0.15) is 0 Å². The third-order valence-electron chi connectivity index (χ3n) is 2.17. The summed E-state index contributed by atoms with van der Waals surface area (Å²) in [5, 5.41) is 26.6. The fourth-order valence-electron chi connectivity index (χ4n) is 1.26. The van der Waals surface area contributed by atoms with Gasteiger partial charge in [0.25, 0.3) is 0 Å². The fourth-order valence-corrected chi connectivity index (χ4v) is 1.26. The van der Waals surface area contributed by atoms with Crippen LogP contribution in [0, 0.1) is 5.92 Å². The van der Waals surface area contributed by atoms with E-state index >= 15 is 0 Å². The van der Waals surface area contributed by atoms with Crippen LogP contribution in [0.2, 0.25) is 0 Å². The number of carboxylic acids is 2. The van der Waals surface area contributed by atoms with Gasteiger partial charge in [-0.1, -0.05) is 42.5 Å². The van der Waals surface area contributed by atoms with Crippen LogP contribution in [0.4, 0.5) is 0 Å². The molecule has 0 aromatic heterocycles. The Morgan fingerprint density at radius 3 is 2.12 bits per heavy atom. The summed E-state index contributed by atoms with van der Waals surface area (Å²) in [5.74, 6) is -4.41. The minimum Gasteiger partial charge on any atom is -0.481 e. The molecule has 0 aliphatic rings. The van der Waals surface area contributed by atoms with E-state index in [1.165, 1.54) is 6.08 Å². The molecule has 0 bridgehead atoms. The number of hydrogen-bond donors (Lipinski definition) is 3. The quantitative estimate of drug-likeness (QED) is 0.704. The predicted molar refractivity (Wildman–Crippen MR) is 60.2 cm³/mol. The molecule has 0 saturated carbocycles. The summed E-state index contributed by atoms with van der Waals surface area (Å²) in [5.41, 5.74) is 0.733. The molecule has 2 unspecified atom stereocenters. The lowest BCUT2D eigenvalue weighted by Gasteiger charge is -2.10. The molecule has 90 valence electrons. The molecule has 3 N–H and O–H groups in total. The second-order valence-corrected chi connectivity index (χ2v) is 3.42. The van der Waals surface area contributed by atoms with Crippen molar-refractivity contribution in [2.75, 3.05) is 0 Å². The minimum absolute atomic E-state index is 0.733. The van der Waals surface area contributed by atoms with E-state index in [9.17, 15) is 14.7 Å². The Balaban J connectivity index is 2.84. The topological polar surface area (TPSA) is 94.8 Å². The average molecular weight is 236 g/mol. The molecular weight excluding hydrogens is 224 g/mol. The van der Waals surface area contributed by atoms with Crippen LogP contribution in [-0.2, 0) is 9.59 Å². The lowest BCUT2D eigenvalue weighted by molar-refractivity contribution is -0.157. The van der Waals surface area contributed by atoms with Gasteiger partial charge in [0.05, 0.1) is 0 Å². The van der Waals surface area contributed by atoms with Crippen LogP contribution in [-0.4, -0.2) is 33.4 Å². The fraction of sp³-hybridized carbons (Fsp3) is 0.167. The molecule has 5 nitrogen and oxygen atoms in total. The van der Waals surface area contributed by atoms with Crippen molar-refractivity contribution in [2.24, 2.45) is 5.92 Å². The zero-order valence-corrected chi connectivity index (χ0v) is 8.85. The molecule has 1 rings (SSSR count). The number of rotatable bonds is 5. The van der Waals surface area contributed by atoms with Crippen molar-refractivity contribution in [2.45, 2.75) is 6.10 Å². The van der Waals surface area contributed by atoms with Crippen molar-refractivity contribution >= 4 is 18.0 Å². The summed E-state index contributed by atoms with van der Waals surface area (Å²) in [7, 11) is 0. The second kappa shape index (κ2) is 5.81. The summed E-state index contributed by atoms with van der Waals surface area (Å²) >= 11 is 0. The molecule has 5 heteroatoms. The van der Waals surface area contributed by atoms with Crippen molar-refractivity contribution in [1.29, 1.82) is 0 Å². The van der Waals surface area contributed by atoms with E-state index < -0.39 is 24.0 Å². The average Bonchev–Trinajstić information content (AvgIpc) is 2.29. The van der Waals surface area contributed by atoms with E-state index in [1.54, 1.807) is 30.3 Å². The van der Waals surface area contributed by atoms with E-state index in [1.807, 2.05) is 0 Å². The number of carbonyl (C=O) groups is 2. The van der Waals surface area contributed by atoms with E-state index in [-0.39, 0.29) is 0 Å². The maximum atomic E-state index is 10.8. The highest BCUT2D eigenvalue weighted by molar-refractivity contribution is 5.83. The molecule has 2 atom stereocenters. The van der Waals surface area contributed by atoms with Crippen LogP contribution in [0.5, 0.6) is 0 Å². The van der Waals surface area contributed by atoms with Crippen LogP contribution in [0.15, 0.2) is 36.4 Å². The Kier molecular flexibility index (Phi) is 4.42. The van der Waals surface area contributed by atoms with Crippen molar-refractivity contribution in [3.63, 3.8) is 0 Å². The first-order valence-electron chi connectivity index (χ1n) is 4.89. The lowest BCUT2D eigenvalue weighted by Crippen LogP contribution is -2.33. The smallest absolute Gasteiger partial charge is 0.333 e. The van der Waals surface area contributed by atoms with Crippen molar-refractivity contribution in [1.82, 2.24) is 0 Å². The van der Waals surface area contributed by atoms with Crippen LogP contribution >= 0.6 is 0 Å². The summed E-state index contributed by atoms with van der Waals surface area (Å²) in [6.45, 7) is 0. The molecule has 0 saturated heterocycles. The zero-order chi connectivity index (χ0) is 12.8. The molecule has 0 heterocycles. The normalized spacial score (nSPS) is 14.4. The van der Waals surface area contributed by atoms with E-state index in [0.29, 0.717) is 0 Å². The van der Waals surface area contributed by atoms with Crippen molar-refractivity contribution in [3.05, 3.63) is 42.0 Å². The highest BCUT2D eigenvalue weighted by Crippen LogP contribution is 2.10. The van der Waals surface area contributed by atoms with Gasteiger partial charge in [-0.25, -0.2) is 4.79 Å². The van der Waals surface area contributed by atoms with Gasteiger partial charge in [-0.05, 0) is 5.56 Å². The van der Waals surface area contributed by atoms with Gasteiger partial charge in [-0.15, -0.1) is 0 Å². The molecule has 0 fully saturated rings. The molecule has 0 radical (unpaired) electrons. The largest absolute Gasteiger partial charge is 0.481 e. The van der Waals surface area contributed by atoms with Gasteiger partial charge in [0.2, 0.25) is 0 Å². The van der Waals surface area contributed by atoms with Crippen molar-refractivity contribution < 1.29 is 24.9 Å². The van der Waals surface area contributed by atoms with Crippen molar-refractivity contribution in [3.8, 4) is 0 Å². The van der Waals surface area contributed by atoms with Crippen LogP contribution in [0.3, 0.4) is 0 Å². The van der Waals surface area contributed by atoms with E-state index in [4.69, 9.17) is 10.2 Å². The van der Waals surface area contributed by atoms with Crippen LogP contribution < -0.4 is 0 Å². The Labute approximate surface area is 97.6 Å². The molecule has 0 aliphatic heterocycles. The van der Waals surface area contributed by atoms with E-state index in [2.05, 4.69) is 0 Å². The van der Waals surface area contributed by atoms with Gasteiger partial charge in [0, 0.05) is 0 Å². The van der Waals surface area contributed by atoms with Crippen LogP contribution in [0.25, 0.3) is 6.08 Å². The maximum Gasteiger partial charge on any atom is 0.333 e. The maximum absolute atomic E-state index is 10.8. The second-order valence-electron chi connectivity index (χ2n) is 3.42. The number of hydrogen-bond acceptors (Lipinski definition) is 3. The third-order valence-corrected chi connectivity index (χ3v) is 2.17.